The SMILES string of the molecule is CCNC1CC(C)C(c2ccccc2)c2ccccc21. The molecule has 104 valence electrons. The summed E-state index contributed by atoms with van der Waals surface area (Å²) in [4.78, 5) is 0. The lowest BCUT2D eigenvalue weighted by Gasteiger charge is -2.37. The first-order valence-corrected chi connectivity index (χ1v) is 7.68. The summed E-state index contributed by atoms with van der Waals surface area (Å²) in [7, 11) is 0. The fourth-order valence-corrected chi connectivity index (χ4v) is 3.66. The Morgan fingerprint density at radius 3 is 2.30 bits per heavy atom. The summed E-state index contributed by atoms with van der Waals surface area (Å²) < 4.78 is 0. The molecule has 0 amide bonds. The fraction of sp³-hybridized carbons (Fsp3) is 0.368. The van der Waals surface area contributed by atoms with Gasteiger partial charge in [-0.15, -0.1) is 0 Å². The molecule has 0 aliphatic heterocycles. The molecule has 2 aromatic rings. The molecular weight excluding hydrogens is 242 g/mol. The largest absolute Gasteiger partial charge is 0.310 e. The van der Waals surface area contributed by atoms with Gasteiger partial charge in [0.05, 0.1) is 0 Å². The molecule has 1 heteroatoms. The second-order valence-corrected chi connectivity index (χ2v) is 5.84. The average molecular weight is 265 g/mol. The van der Waals surface area contributed by atoms with Crippen LogP contribution in [0, 0.1) is 5.92 Å². The predicted octanol–water partition coefficient (Wildman–Crippen LogP) is 4.51. The highest BCUT2D eigenvalue weighted by Crippen LogP contribution is 2.44. The van der Waals surface area contributed by atoms with Crippen LogP contribution in [0.1, 0.15) is 48.9 Å². The van der Waals surface area contributed by atoms with Crippen LogP contribution < -0.4 is 5.32 Å². The number of hydrogen-bond donors (Lipinski definition) is 1. The van der Waals surface area contributed by atoms with Gasteiger partial charge in [-0.25, -0.2) is 0 Å². The number of fused-ring (bicyclic) bond motifs is 1. The maximum atomic E-state index is 3.64. The number of nitrogens with one attached hydrogen (secondary N) is 1. The molecule has 3 atom stereocenters. The molecule has 1 N–H and O–H groups in total. The topological polar surface area (TPSA) is 12.0 Å². The van der Waals surface area contributed by atoms with Crippen LogP contribution in [0.4, 0.5) is 0 Å². The molecular formula is C19H23N. The van der Waals surface area contributed by atoms with Gasteiger partial charge < -0.3 is 5.32 Å². The van der Waals surface area contributed by atoms with Crippen molar-refractivity contribution in [2.45, 2.75) is 32.2 Å². The Labute approximate surface area is 122 Å². The van der Waals surface area contributed by atoms with E-state index in [1.54, 1.807) is 0 Å². The van der Waals surface area contributed by atoms with Gasteiger partial charge in [0.15, 0.2) is 0 Å². The van der Waals surface area contributed by atoms with Crippen molar-refractivity contribution in [1.82, 2.24) is 5.32 Å². The standard InChI is InChI=1S/C19H23N/c1-3-20-18-13-14(2)19(15-9-5-4-6-10-15)17-12-8-7-11-16(17)18/h4-12,14,18-20H,3,13H2,1-2H3. The molecule has 0 saturated heterocycles. The minimum Gasteiger partial charge on any atom is -0.310 e. The summed E-state index contributed by atoms with van der Waals surface area (Å²) in [5.41, 5.74) is 4.44. The Bertz CT molecular complexity index is 561. The highest BCUT2D eigenvalue weighted by atomic mass is 14.9. The van der Waals surface area contributed by atoms with Crippen molar-refractivity contribution in [3.8, 4) is 0 Å². The van der Waals surface area contributed by atoms with Gasteiger partial charge in [-0.05, 0) is 35.6 Å². The Hall–Kier alpha value is -1.60. The number of hydrogen-bond acceptors (Lipinski definition) is 1. The molecule has 0 saturated carbocycles. The summed E-state index contributed by atoms with van der Waals surface area (Å²) in [6.45, 7) is 5.61. The lowest BCUT2D eigenvalue weighted by atomic mass is 9.71. The average Bonchev–Trinajstić information content (AvgIpc) is 2.48. The van der Waals surface area contributed by atoms with E-state index in [-0.39, 0.29) is 0 Å². The van der Waals surface area contributed by atoms with E-state index in [0.717, 1.165) is 6.54 Å². The molecule has 1 aliphatic rings. The number of rotatable bonds is 3. The molecule has 3 unspecified atom stereocenters. The Balaban J connectivity index is 2.05. The van der Waals surface area contributed by atoms with E-state index in [2.05, 4.69) is 73.8 Å². The van der Waals surface area contributed by atoms with E-state index in [1.807, 2.05) is 0 Å². The monoisotopic (exact) mass is 265 g/mol. The molecule has 0 heterocycles. The molecule has 3 rings (SSSR count). The zero-order valence-electron chi connectivity index (χ0n) is 12.3. The summed E-state index contributed by atoms with van der Waals surface area (Å²) in [6.07, 6.45) is 1.21. The third-order valence-electron chi connectivity index (χ3n) is 4.49. The molecule has 0 radical (unpaired) electrons. The van der Waals surface area contributed by atoms with E-state index in [1.165, 1.54) is 23.1 Å². The van der Waals surface area contributed by atoms with Crippen LogP contribution in [0.3, 0.4) is 0 Å². The molecule has 0 fully saturated rings. The minimum atomic E-state index is 0.506. The highest BCUT2D eigenvalue weighted by Gasteiger charge is 2.32. The zero-order chi connectivity index (χ0) is 13.9. The van der Waals surface area contributed by atoms with Crippen molar-refractivity contribution in [1.29, 1.82) is 0 Å². The van der Waals surface area contributed by atoms with Crippen LogP contribution in [-0.4, -0.2) is 6.54 Å². The van der Waals surface area contributed by atoms with E-state index in [4.69, 9.17) is 0 Å². The van der Waals surface area contributed by atoms with Gasteiger partial charge >= 0.3 is 0 Å². The van der Waals surface area contributed by atoms with Crippen molar-refractivity contribution in [2.24, 2.45) is 5.92 Å². The maximum absolute atomic E-state index is 3.64. The first-order chi connectivity index (χ1) is 9.81. The highest BCUT2D eigenvalue weighted by molar-refractivity contribution is 5.42. The first-order valence-electron chi connectivity index (χ1n) is 7.68. The molecule has 1 nitrogen and oxygen atoms in total. The van der Waals surface area contributed by atoms with Crippen LogP contribution in [0.2, 0.25) is 0 Å². The first kappa shape index (κ1) is 13.4. The molecule has 0 bridgehead atoms. The van der Waals surface area contributed by atoms with Crippen molar-refractivity contribution < 1.29 is 0 Å². The van der Waals surface area contributed by atoms with Gasteiger partial charge in [0.2, 0.25) is 0 Å². The van der Waals surface area contributed by atoms with E-state index < -0.39 is 0 Å². The van der Waals surface area contributed by atoms with Crippen LogP contribution in [0.5, 0.6) is 0 Å². The maximum Gasteiger partial charge on any atom is 0.0325 e. The van der Waals surface area contributed by atoms with Crippen LogP contribution in [-0.2, 0) is 0 Å². The second kappa shape index (κ2) is 5.80. The van der Waals surface area contributed by atoms with Crippen LogP contribution in [0.25, 0.3) is 0 Å². The molecule has 20 heavy (non-hydrogen) atoms. The predicted molar refractivity (Wildman–Crippen MR) is 84.9 cm³/mol. The van der Waals surface area contributed by atoms with Gasteiger partial charge in [0.1, 0.15) is 0 Å². The van der Waals surface area contributed by atoms with Crippen molar-refractivity contribution in [3.05, 3.63) is 71.3 Å². The Morgan fingerprint density at radius 1 is 0.950 bits per heavy atom. The van der Waals surface area contributed by atoms with Crippen molar-refractivity contribution in [3.63, 3.8) is 0 Å². The van der Waals surface area contributed by atoms with E-state index in [9.17, 15) is 0 Å². The van der Waals surface area contributed by atoms with Gasteiger partial charge in [-0.1, -0.05) is 68.4 Å². The van der Waals surface area contributed by atoms with Gasteiger partial charge in [0.25, 0.3) is 0 Å². The molecule has 2 aromatic carbocycles. The third-order valence-corrected chi connectivity index (χ3v) is 4.49. The fourth-order valence-electron chi connectivity index (χ4n) is 3.66. The van der Waals surface area contributed by atoms with Gasteiger partial charge in [-0.2, -0.15) is 0 Å². The molecule has 0 spiro atoms. The summed E-state index contributed by atoms with van der Waals surface area (Å²) in [6, 6.07) is 20.4. The number of benzene rings is 2. The molecule has 1 aliphatic carbocycles. The van der Waals surface area contributed by atoms with Gasteiger partial charge in [0, 0.05) is 12.0 Å². The van der Waals surface area contributed by atoms with Crippen LogP contribution >= 0.6 is 0 Å². The smallest absolute Gasteiger partial charge is 0.0325 e. The van der Waals surface area contributed by atoms with E-state index >= 15 is 0 Å². The van der Waals surface area contributed by atoms with Gasteiger partial charge in [-0.3, -0.25) is 0 Å². The molecule has 0 aromatic heterocycles. The zero-order valence-corrected chi connectivity index (χ0v) is 12.3. The Kier molecular flexibility index (Phi) is 3.88. The van der Waals surface area contributed by atoms with E-state index in [0.29, 0.717) is 17.9 Å². The third kappa shape index (κ3) is 2.38. The minimum absolute atomic E-state index is 0.506. The quantitative estimate of drug-likeness (QED) is 0.861. The summed E-state index contributed by atoms with van der Waals surface area (Å²) in [5, 5.41) is 3.64. The van der Waals surface area contributed by atoms with Crippen molar-refractivity contribution >= 4 is 0 Å². The van der Waals surface area contributed by atoms with Crippen molar-refractivity contribution in [2.75, 3.05) is 6.54 Å². The summed E-state index contributed by atoms with van der Waals surface area (Å²) >= 11 is 0. The van der Waals surface area contributed by atoms with Crippen LogP contribution in [0.15, 0.2) is 54.6 Å². The lowest BCUT2D eigenvalue weighted by Crippen LogP contribution is -2.31. The Morgan fingerprint density at radius 2 is 1.60 bits per heavy atom. The normalized spacial score (nSPS) is 25.2. The summed E-state index contributed by atoms with van der Waals surface area (Å²) in [5.74, 6) is 1.19. The lowest BCUT2D eigenvalue weighted by molar-refractivity contribution is 0.356. The second-order valence-electron chi connectivity index (χ2n) is 5.84.